The Morgan fingerprint density at radius 3 is 2.31 bits per heavy atom. The zero-order valence-corrected chi connectivity index (χ0v) is 9.97. The van der Waals surface area contributed by atoms with Crippen LogP contribution in [0.3, 0.4) is 0 Å². The molecule has 0 aromatic rings. The maximum Gasteiger partial charge on any atom is 0.274 e. The molecule has 4 heteroatoms. The maximum absolute atomic E-state index is 10.7. The van der Waals surface area contributed by atoms with E-state index in [0.29, 0.717) is 12.8 Å². The van der Waals surface area contributed by atoms with E-state index in [4.69, 9.17) is 0 Å². The molecule has 0 saturated carbocycles. The van der Waals surface area contributed by atoms with E-state index in [2.05, 4.69) is 22.9 Å². The Kier molecular flexibility index (Phi) is 6.29. The predicted octanol–water partition coefficient (Wildman–Crippen LogP) is 3.73. The van der Waals surface area contributed by atoms with Gasteiger partial charge in [0.2, 0.25) is 0 Å². The summed E-state index contributed by atoms with van der Waals surface area (Å²) in [7, 11) is 0. The largest absolute Gasteiger partial charge is 0.274 e. The van der Waals surface area contributed by atoms with Gasteiger partial charge in [0.1, 0.15) is 0 Å². The van der Waals surface area contributed by atoms with E-state index in [1.807, 2.05) is 6.92 Å². The summed E-state index contributed by atoms with van der Waals surface area (Å²) in [5.41, 5.74) is 0. The highest BCUT2D eigenvalue weighted by molar-refractivity contribution is 9.10. The fraction of sp³-hybridized carbons (Fsp3) is 1.00. The van der Waals surface area contributed by atoms with Crippen molar-refractivity contribution >= 4 is 15.9 Å². The minimum Gasteiger partial charge on any atom is -0.263 e. The highest BCUT2D eigenvalue weighted by atomic mass is 79.9. The monoisotopic (exact) mass is 251 g/mol. The standard InChI is InChI=1S/C9H18BrNO2/c1-3-5-6-7-8-9(10,4-2)11(12)13/h3-8H2,1-2H3. The van der Waals surface area contributed by atoms with Crippen LogP contribution < -0.4 is 0 Å². The van der Waals surface area contributed by atoms with Crippen molar-refractivity contribution in [1.29, 1.82) is 0 Å². The number of hydrogen-bond acceptors (Lipinski definition) is 2. The van der Waals surface area contributed by atoms with Crippen LogP contribution in [0.25, 0.3) is 0 Å². The molecular weight excluding hydrogens is 234 g/mol. The Bertz CT molecular complexity index is 164. The zero-order valence-electron chi connectivity index (χ0n) is 8.38. The van der Waals surface area contributed by atoms with Gasteiger partial charge < -0.3 is 0 Å². The van der Waals surface area contributed by atoms with E-state index >= 15 is 0 Å². The molecule has 0 fully saturated rings. The van der Waals surface area contributed by atoms with Crippen molar-refractivity contribution in [1.82, 2.24) is 0 Å². The summed E-state index contributed by atoms with van der Waals surface area (Å²) in [6, 6.07) is 0. The fourth-order valence-corrected chi connectivity index (χ4v) is 1.50. The molecule has 0 bridgehead atoms. The highest BCUT2D eigenvalue weighted by Gasteiger charge is 2.36. The molecule has 1 unspecified atom stereocenters. The van der Waals surface area contributed by atoms with Crippen molar-refractivity contribution in [3.63, 3.8) is 0 Å². The average Bonchev–Trinajstić information content (AvgIpc) is 2.12. The summed E-state index contributed by atoms with van der Waals surface area (Å²) in [4.78, 5) is 10.5. The number of hydrogen-bond donors (Lipinski definition) is 0. The molecule has 78 valence electrons. The molecule has 0 aromatic carbocycles. The number of nitro groups is 1. The Balaban J connectivity index is 3.78. The molecule has 3 nitrogen and oxygen atoms in total. The molecule has 0 aliphatic carbocycles. The van der Waals surface area contributed by atoms with Gasteiger partial charge in [-0.2, -0.15) is 0 Å². The minimum atomic E-state index is -0.874. The van der Waals surface area contributed by atoms with Gasteiger partial charge in [-0.15, -0.1) is 0 Å². The van der Waals surface area contributed by atoms with Gasteiger partial charge in [-0.1, -0.05) is 33.1 Å². The molecule has 0 aliphatic rings. The van der Waals surface area contributed by atoms with Crippen LogP contribution in [0.5, 0.6) is 0 Å². The second-order valence-corrected chi connectivity index (χ2v) is 4.82. The summed E-state index contributed by atoms with van der Waals surface area (Å²) in [5.74, 6) is 0. The third-order valence-electron chi connectivity index (χ3n) is 2.28. The van der Waals surface area contributed by atoms with Crippen LogP contribution in [-0.4, -0.2) is 9.37 Å². The predicted molar refractivity (Wildman–Crippen MR) is 57.7 cm³/mol. The van der Waals surface area contributed by atoms with Crippen LogP contribution in [0.2, 0.25) is 0 Å². The highest BCUT2D eigenvalue weighted by Crippen LogP contribution is 2.29. The van der Waals surface area contributed by atoms with E-state index in [0.717, 1.165) is 12.8 Å². The molecule has 0 spiro atoms. The topological polar surface area (TPSA) is 43.1 Å². The first-order valence-corrected chi connectivity index (χ1v) is 5.69. The van der Waals surface area contributed by atoms with E-state index in [1.165, 1.54) is 12.8 Å². The smallest absolute Gasteiger partial charge is 0.263 e. The van der Waals surface area contributed by atoms with Gasteiger partial charge in [0.25, 0.3) is 4.45 Å². The first-order valence-electron chi connectivity index (χ1n) is 4.90. The van der Waals surface area contributed by atoms with Crippen LogP contribution >= 0.6 is 15.9 Å². The van der Waals surface area contributed by atoms with Crippen molar-refractivity contribution in [2.45, 2.75) is 56.8 Å². The summed E-state index contributed by atoms with van der Waals surface area (Å²) >= 11 is 3.20. The summed E-state index contributed by atoms with van der Waals surface area (Å²) in [5, 5.41) is 10.7. The third-order valence-corrected chi connectivity index (χ3v) is 3.53. The Morgan fingerprint density at radius 2 is 1.92 bits per heavy atom. The lowest BCUT2D eigenvalue weighted by Crippen LogP contribution is -2.30. The zero-order chi connectivity index (χ0) is 10.3. The van der Waals surface area contributed by atoms with Crippen LogP contribution in [-0.2, 0) is 0 Å². The Morgan fingerprint density at radius 1 is 1.31 bits per heavy atom. The summed E-state index contributed by atoms with van der Waals surface area (Å²) in [6.45, 7) is 3.98. The van der Waals surface area contributed by atoms with Crippen molar-refractivity contribution in [2.75, 3.05) is 0 Å². The lowest BCUT2D eigenvalue weighted by molar-refractivity contribution is -0.537. The van der Waals surface area contributed by atoms with Crippen LogP contribution in [0.4, 0.5) is 0 Å². The van der Waals surface area contributed by atoms with Gasteiger partial charge in [-0.3, -0.25) is 10.1 Å². The van der Waals surface area contributed by atoms with Gasteiger partial charge in [0.05, 0.1) is 0 Å². The van der Waals surface area contributed by atoms with Gasteiger partial charge in [-0.05, 0) is 6.42 Å². The second-order valence-electron chi connectivity index (χ2n) is 3.34. The number of rotatable bonds is 7. The van der Waals surface area contributed by atoms with Crippen molar-refractivity contribution < 1.29 is 4.92 Å². The number of nitrogens with zero attached hydrogens (tertiary/aromatic N) is 1. The maximum atomic E-state index is 10.7. The lowest BCUT2D eigenvalue weighted by atomic mass is 10.1. The van der Waals surface area contributed by atoms with Gasteiger partial charge in [0, 0.05) is 33.7 Å². The Hall–Kier alpha value is -0.120. The molecule has 13 heavy (non-hydrogen) atoms. The quantitative estimate of drug-likeness (QED) is 0.228. The normalized spacial score (nSPS) is 15.3. The molecule has 0 radical (unpaired) electrons. The Labute approximate surface area is 88.2 Å². The molecule has 0 aromatic heterocycles. The minimum absolute atomic E-state index is 0.209. The first-order chi connectivity index (χ1) is 6.06. The molecule has 0 heterocycles. The SMILES string of the molecule is CCCCCCC(Br)(CC)[N+](=O)[O-]. The molecule has 0 aliphatic heterocycles. The van der Waals surface area contributed by atoms with Crippen LogP contribution in [0.15, 0.2) is 0 Å². The molecule has 0 rings (SSSR count). The van der Waals surface area contributed by atoms with Crippen LogP contribution in [0.1, 0.15) is 52.4 Å². The second kappa shape index (κ2) is 6.35. The fourth-order valence-electron chi connectivity index (χ4n) is 1.22. The van der Waals surface area contributed by atoms with Crippen LogP contribution in [0, 0.1) is 10.1 Å². The van der Waals surface area contributed by atoms with E-state index in [-0.39, 0.29) is 4.92 Å². The molecule has 0 saturated heterocycles. The molecule has 1 atom stereocenters. The van der Waals surface area contributed by atoms with Crippen molar-refractivity contribution in [3.05, 3.63) is 10.1 Å². The number of alkyl halides is 1. The molecule has 0 N–H and O–H groups in total. The lowest BCUT2D eigenvalue weighted by Gasteiger charge is -2.16. The van der Waals surface area contributed by atoms with Gasteiger partial charge in [0.15, 0.2) is 0 Å². The first kappa shape index (κ1) is 12.9. The van der Waals surface area contributed by atoms with E-state index in [9.17, 15) is 10.1 Å². The number of unbranched alkanes of at least 4 members (excludes halogenated alkanes) is 3. The van der Waals surface area contributed by atoms with Gasteiger partial charge >= 0.3 is 0 Å². The van der Waals surface area contributed by atoms with Gasteiger partial charge in [-0.25, -0.2) is 0 Å². The average molecular weight is 252 g/mol. The van der Waals surface area contributed by atoms with E-state index in [1.54, 1.807) is 0 Å². The number of halogens is 1. The molecular formula is C9H18BrNO2. The van der Waals surface area contributed by atoms with Crippen molar-refractivity contribution in [3.8, 4) is 0 Å². The summed E-state index contributed by atoms with van der Waals surface area (Å²) in [6.07, 6.45) is 5.55. The van der Waals surface area contributed by atoms with E-state index < -0.39 is 4.45 Å². The summed E-state index contributed by atoms with van der Waals surface area (Å²) < 4.78 is -0.874. The third kappa shape index (κ3) is 4.60. The van der Waals surface area contributed by atoms with Crippen molar-refractivity contribution in [2.24, 2.45) is 0 Å². The molecule has 0 amide bonds.